The monoisotopic (exact) mass is 403 g/mol. The second-order valence-corrected chi connectivity index (χ2v) is 6.08. The van der Waals surface area contributed by atoms with Crippen molar-refractivity contribution < 1.29 is 4.79 Å². The van der Waals surface area contributed by atoms with Crippen LogP contribution in [-0.4, -0.2) is 12.2 Å². The van der Waals surface area contributed by atoms with E-state index in [1.165, 1.54) is 6.34 Å². The highest BCUT2D eigenvalue weighted by molar-refractivity contribution is 9.10. The highest BCUT2D eigenvalue weighted by atomic mass is 79.9. The minimum absolute atomic E-state index is 0.342. The molecule has 24 heavy (non-hydrogen) atoms. The van der Waals surface area contributed by atoms with Crippen molar-refractivity contribution in [3.05, 3.63) is 87.6 Å². The summed E-state index contributed by atoms with van der Waals surface area (Å²) in [4.78, 5) is 16.3. The molecule has 0 bridgehead atoms. The van der Waals surface area contributed by atoms with E-state index in [1.54, 1.807) is 30.5 Å². The van der Waals surface area contributed by atoms with Crippen LogP contribution in [0.2, 0.25) is 5.02 Å². The van der Waals surface area contributed by atoms with Crippen LogP contribution in [0.4, 0.5) is 0 Å². The van der Waals surface area contributed by atoms with Crippen molar-refractivity contribution in [3.8, 4) is 0 Å². The van der Waals surface area contributed by atoms with Crippen molar-refractivity contribution in [1.29, 1.82) is 0 Å². The number of carbonyl (C=O) groups is 1. The highest BCUT2D eigenvalue weighted by Crippen LogP contribution is 2.23. The van der Waals surface area contributed by atoms with Crippen molar-refractivity contribution in [2.45, 2.75) is 0 Å². The summed E-state index contributed by atoms with van der Waals surface area (Å²) < 4.78 is 0.943. The molecule has 2 aromatic rings. The van der Waals surface area contributed by atoms with E-state index in [1.807, 2.05) is 24.3 Å². The standard InChI is InChI=1S/C18H15BrClN3O/c1-12(23-18(24)15-4-2-3-5-17(15)20)16(10-22-11-21)13-6-8-14(19)9-7-13/h2-11H,1H2,(H2,21,22)(H,23,24)/b16-10+. The summed E-state index contributed by atoms with van der Waals surface area (Å²) in [5.74, 6) is -0.342. The fraction of sp³-hybridized carbons (Fsp3) is 0. The van der Waals surface area contributed by atoms with Gasteiger partial charge in [-0.2, -0.15) is 0 Å². The molecule has 0 aliphatic carbocycles. The Morgan fingerprint density at radius 3 is 2.50 bits per heavy atom. The van der Waals surface area contributed by atoms with E-state index in [2.05, 4.69) is 32.8 Å². The maximum atomic E-state index is 12.4. The van der Waals surface area contributed by atoms with Crippen molar-refractivity contribution >= 4 is 45.3 Å². The van der Waals surface area contributed by atoms with Crippen LogP contribution in [0.15, 0.2) is 76.5 Å². The van der Waals surface area contributed by atoms with Gasteiger partial charge in [0, 0.05) is 21.9 Å². The number of amides is 1. The lowest BCUT2D eigenvalue weighted by Crippen LogP contribution is -2.23. The summed E-state index contributed by atoms with van der Waals surface area (Å²) in [7, 11) is 0. The van der Waals surface area contributed by atoms with Crippen LogP contribution < -0.4 is 11.1 Å². The average Bonchev–Trinajstić information content (AvgIpc) is 2.57. The van der Waals surface area contributed by atoms with E-state index in [9.17, 15) is 4.79 Å². The Bertz CT molecular complexity index is 813. The lowest BCUT2D eigenvalue weighted by atomic mass is 10.0. The van der Waals surface area contributed by atoms with E-state index in [0.717, 1.165) is 10.0 Å². The number of nitrogens with two attached hydrogens (primary N) is 1. The fourth-order valence-corrected chi connectivity index (χ4v) is 2.48. The smallest absolute Gasteiger partial charge is 0.257 e. The molecule has 0 fully saturated rings. The normalized spacial score (nSPS) is 11.5. The number of halogens is 2. The summed E-state index contributed by atoms with van der Waals surface area (Å²) in [5.41, 5.74) is 7.57. The van der Waals surface area contributed by atoms with Gasteiger partial charge in [0.05, 0.1) is 16.9 Å². The first-order valence-electron chi connectivity index (χ1n) is 6.97. The zero-order valence-corrected chi connectivity index (χ0v) is 15.0. The Morgan fingerprint density at radius 1 is 1.21 bits per heavy atom. The van der Waals surface area contributed by atoms with Crippen LogP contribution in [0.25, 0.3) is 5.57 Å². The third-order valence-corrected chi connectivity index (χ3v) is 4.01. The Morgan fingerprint density at radius 2 is 1.88 bits per heavy atom. The lowest BCUT2D eigenvalue weighted by Gasteiger charge is -2.13. The molecule has 122 valence electrons. The first kappa shape index (κ1) is 18.0. The number of aliphatic imine (C=N–C) groups is 1. The molecule has 0 atom stereocenters. The van der Waals surface area contributed by atoms with Gasteiger partial charge in [-0.15, -0.1) is 0 Å². The van der Waals surface area contributed by atoms with E-state index in [4.69, 9.17) is 17.3 Å². The Kier molecular flexibility index (Phi) is 6.35. The number of rotatable bonds is 5. The van der Waals surface area contributed by atoms with Gasteiger partial charge in [0.1, 0.15) is 0 Å². The Hall–Kier alpha value is -2.37. The molecule has 0 saturated heterocycles. The first-order valence-corrected chi connectivity index (χ1v) is 8.14. The van der Waals surface area contributed by atoms with Crippen LogP contribution >= 0.6 is 27.5 Å². The fourth-order valence-electron chi connectivity index (χ4n) is 1.99. The predicted octanol–water partition coefficient (Wildman–Crippen LogP) is 4.37. The van der Waals surface area contributed by atoms with Crippen molar-refractivity contribution in [3.63, 3.8) is 0 Å². The molecule has 1 amide bonds. The quantitative estimate of drug-likeness (QED) is 0.441. The van der Waals surface area contributed by atoms with E-state index in [-0.39, 0.29) is 5.91 Å². The number of allylic oxidation sites excluding steroid dienone is 1. The van der Waals surface area contributed by atoms with Gasteiger partial charge < -0.3 is 11.1 Å². The number of benzene rings is 2. The molecule has 2 aromatic carbocycles. The topological polar surface area (TPSA) is 67.5 Å². The first-order chi connectivity index (χ1) is 11.5. The van der Waals surface area contributed by atoms with Gasteiger partial charge in [-0.1, -0.05) is 58.4 Å². The van der Waals surface area contributed by atoms with Gasteiger partial charge in [0.15, 0.2) is 0 Å². The molecule has 4 nitrogen and oxygen atoms in total. The SMILES string of the molecule is C=C(NC(=O)c1ccccc1Cl)/C(=C\N=C/N)c1ccc(Br)cc1. The largest absolute Gasteiger partial charge is 0.390 e. The molecule has 3 N–H and O–H groups in total. The Labute approximate surface area is 153 Å². The number of hydrogen-bond donors (Lipinski definition) is 2. The van der Waals surface area contributed by atoms with Crippen LogP contribution in [-0.2, 0) is 0 Å². The number of carbonyl (C=O) groups excluding carboxylic acids is 1. The van der Waals surface area contributed by atoms with Gasteiger partial charge >= 0.3 is 0 Å². The third kappa shape index (κ3) is 4.57. The number of nitrogens with zero attached hydrogens (tertiary/aromatic N) is 1. The number of nitrogens with one attached hydrogen (secondary N) is 1. The van der Waals surface area contributed by atoms with Gasteiger partial charge in [-0.25, -0.2) is 4.99 Å². The second kappa shape index (κ2) is 8.47. The van der Waals surface area contributed by atoms with Crippen molar-refractivity contribution in [2.24, 2.45) is 10.7 Å². The van der Waals surface area contributed by atoms with Gasteiger partial charge in [-0.3, -0.25) is 4.79 Å². The minimum Gasteiger partial charge on any atom is -0.390 e. The molecule has 0 heterocycles. The van der Waals surface area contributed by atoms with E-state index in [0.29, 0.717) is 21.9 Å². The van der Waals surface area contributed by atoms with Crippen LogP contribution in [0, 0.1) is 0 Å². The molecule has 2 rings (SSSR count). The molecular formula is C18H15BrClN3O. The maximum Gasteiger partial charge on any atom is 0.257 e. The molecule has 0 aliphatic heterocycles. The maximum absolute atomic E-state index is 12.4. The molecule has 0 aromatic heterocycles. The van der Waals surface area contributed by atoms with Crippen molar-refractivity contribution in [1.82, 2.24) is 5.32 Å². The average molecular weight is 405 g/mol. The second-order valence-electron chi connectivity index (χ2n) is 4.76. The van der Waals surface area contributed by atoms with E-state index >= 15 is 0 Å². The summed E-state index contributed by atoms with van der Waals surface area (Å²) in [6, 6.07) is 14.3. The summed E-state index contributed by atoms with van der Waals surface area (Å²) in [5, 5.41) is 3.12. The van der Waals surface area contributed by atoms with Crippen molar-refractivity contribution in [2.75, 3.05) is 0 Å². The molecule has 0 spiro atoms. The molecule has 0 unspecified atom stereocenters. The van der Waals surface area contributed by atoms with Gasteiger partial charge in [0.2, 0.25) is 0 Å². The molecule has 6 heteroatoms. The lowest BCUT2D eigenvalue weighted by molar-refractivity contribution is 0.0968. The molecular weight excluding hydrogens is 390 g/mol. The minimum atomic E-state index is -0.342. The third-order valence-electron chi connectivity index (χ3n) is 3.15. The summed E-state index contributed by atoms with van der Waals surface area (Å²) in [6.07, 6.45) is 2.71. The van der Waals surface area contributed by atoms with Gasteiger partial charge in [-0.05, 0) is 29.8 Å². The van der Waals surface area contributed by atoms with Crippen LogP contribution in [0.5, 0.6) is 0 Å². The Balaban J connectivity index is 2.27. The predicted molar refractivity (Wildman–Crippen MR) is 103 cm³/mol. The molecule has 0 aliphatic rings. The van der Waals surface area contributed by atoms with E-state index < -0.39 is 0 Å². The van der Waals surface area contributed by atoms with Crippen LogP contribution in [0.1, 0.15) is 15.9 Å². The zero-order valence-electron chi connectivity index (χ0n) is 12.7. The molecule has 0 saturated carbocycles. The van der Waals surface area contributed by atoms with Gasteiger partial charge in [0.25, 0.3) is 5.91 Å². The summed E-state index contributed by atoms with van der Waals surface area (Å²) >= 11 is 9.44. The number of hydrogen-bond acceptors (Lipinski definition) is 2. The zero-order chi connectivity index (χ0) is 17.5. The van der Waals surface area contributed by atoms with Crippen LogP contribution in [0.3, 0.4) is 0 Å². The summed E-state index contributed by atoms with van der Waals surface area (Å²) in [6.45, 7) is 3.93. The highest BCUT2D eigenvalue weighted by Gasteiger charge is 2.13. The molecule has 0 radical (unpaired) electrons.